The molecule has 1 aromatic rings. The average molecular weight is 332 g/mol. The van der Waals surface area contributed by atoms with E-state index in [4.69, 9.17) is 34.8 Å². The van der Waals surface area contributed by atoms with E-state index < -0.39 is 0 Å². The first-order chi connectivity index (χ1) is 9.66. The van der Waals surface area contributed by atoms with Crippen molar-refractivity contribution in [3.8, 4) is 0 Å². The highest BCUT2D eigenvalue weighted by Crippen LogP contribution is 2.52. The molecule has 1 aromatic carbocycles. The van der Waals surface area contributed by atoms with Gasteiger partial charge in [-0.2, -0.15) is 0 Å². The molecule has 0 heterocycles. The van der Waals surface area contributed by atoms with Gasteiger partial charge in [0.15, 0.2) is 0 Å². The highest BCUT2D eigenvalue weighted by atomic mass is 35.5. The molecule has 0 aromatic heterocycles. The molecule has 0 radical (unpaired) electrons. The zero-order chi connectivity index (χ0) is 14.2. The van der Waals surface area contributed by atoms with E-state index in [1.807, 2.05) is 12.1 Å². The van der Waals surface area contributed by atoms with Crippen molar-refractivity contribution in [2.75, 3.05) is 11.8 Å². The number of benzene rings is 1. The van der Waals surface area contributed by atoms with Crippen LogP contribution in [0.1, 0.15) is 37.7 Å². The molecule has 0 N–H and O–H groups in total. The molecule has 2 saturated carbocycles. The van der Waals surface area contributed by atoms with Gasteiger partial charge in [-0.1, -0.05) is 30.2 Å². The summed E-state index contributed by atoms with van der Waals surface area (Å²) in [5.74, 6) is 3.87. The van der Waals surface area contributed by atoms with Gasteiger partial charge in [0, 0.05) is 22.2 Å². The fourth-order valence-electron chi connectivity index (χ4n) is 4.35. The third-order valence-corrected chi connectivity index (χ3v) is 6.78. The summed E-state index contributed by atoms with van der Waals surface area (Å²) in [5, 5.41) is 0.770. The minimum Gasteiger partial charge on any atom is -0.126 e. The van der Waals surface area contributed by atoms with Crippen LogP contribution in [0.3, 0.4) is 0 Å². The van der Waals surface area contributed by atoms with Gasteiger partial charge in [0.2, 0.25) is 0 Å². The maximum atomic E-state index is 6.36. The van der Waals surface area contributed by atoms with Crippen LogP contribution in [0.4, 0.5) is 0 Å². The van der Waals surface area contributed by atoms with Crippen molar-refractivity contribution in [2.45, 2.75) is 37.5 Å². The fourth-order valence-corrected chi connectivity index (χ4v) is 5.29. The second-order valence-corrected chi connectivity index (χ2v) is 7.66. The Kier molecular flexibility index (Phi) is 4.55. The molecular formula is C17H21Cl3. The van der Waals surface area contributed by atoms with Crippen molar-refractivity contribution in [1.29, 1.82) is 0 Å². The SMILES string of the molecule is ClCC(CCl)(CC1CC2CCC1C2)c1ccc(Cl)cc1. The summed E-state index contributed by atoms with van der Waals surface area (Å²) in [6.45, 7) is 0. The van der Waals surface area contributed by atoms with Crippen molar-refractivity contribution in [3.05, 3.63) is 34.9 Å². The van der Waals surface area contributed by atoms with Gasteiger partial charge >= 0.3 is 0 Å². The summed E-state index contributed by atoms with van der Waals surface area (Å²) in [6.07, 6.45) is 6.80. The van der Waals surface area contributed by atoms with Crippen LogP contribution in [0.25, 0.3) is 0 Å². The Morgan fingerprint density at radius 1 is 1.00 bits per heavy atom. The molecule has 3 atom stereocenters. The normalized spacial score (nSPS) is 29.1. The zero-order valence-corrected chi connectivity index (χ0v) is 13.9. The topological polar surface area (TPSA) is 0 Å². The molecule has 0 amide bonds. The third kappa shape index (κ3) is 2.72. The summed E-state index contributed by atoms with van der Waals surface area (Å²) in [4.78, 5) is 0. The van der Waals surface area contributed by atoms with E-state index in [0.29, 0.717) is 11.8 Å². The molecule has 2 fully saturated rings. The highest BCUT2D eigenvalue weighted by Gasteiger charge is 2.44. The maximum Gasteiger partial charge on any atom is 0.0406 e. The lowest BCUT2D eigenvalue weighted by Gasteiger charge is -2.36. The largest absolute Gasteiger partial charge is 0.126 e. The number of hydrogen-bond acceptors (Lipinski definition) is 0. The van der Waals surface area contributed by atoms with Gasteiger partial charge in [-0.25, -0.2) is 0 Å². The summed E-state index contributed by atoms with van der Waals surface area (Å²) in [5.41, 5.74) is 1.15. The molecule has 2 bridgehead atoms. The van der Waals surface area contributed by atoms with E-state index in [1.165, 1.54) is 31.2 Å². The molecule has 3 heteroatoms. The van der Waals surface area contributed by atoms with Crippen LogP contribution >= 0.6 is 34.8 Å². The smallest absolute Gasteiger partial charge is 0.0406 e. The number of rotatable bonds is 5. The van der Waals surface area contributed by atoms with Gasteiger partial charge < -0.3 is 0 Å². The summed E-state index contributed by atoms with van der Waals surface area (Å²) in [6, 6.07) is 8.09. The van der Waals surface area contributed by atoms with Crippen LogP contribution in [0.5, 0.6) is 0 Å². The number of alkyl halides is 2. The third-order valence-electron chi connectivity index (χ3n) is 5.51. The minimum atomic E-state index is -0.0944. The molecule has 3 unspecified atom stereocenters. The quantitative estimate of drug-likeness (QED) is 0.591. The Labute approximate surface area is 136 Å². The van der Waals surface area contributed by atoms with Crippen molar-refractivity contribution < 1.29 is 0 Å². The summed E-state index contributed by atoms with van der Waals surface area (Å²) in [7, 11) is 0. The number of fused-ring (bicyclic) bond motifs is 2. The lowest BCUT2D eigenvalue weighted by atomic mass is 9.72. The predicted molar refractivity (Wildman–Crippen MR) is 88.1 cm³/mol. The van der Waals surface area contributed by atoms with Gasteiger partial charge in [-0.05, 0) is 61.1 Å². The number of hydrogen-bond donors (Lipinski definition) is 0. The first-order valence-corrected chi connectivity index (χ1v) is 8.99. The van der Waals surface area contributed by atoms with Crippen LogP contribution in [0.2, 0.25) is 5.02 Å². The van der Waals surface area contributed by atoms with Crippen LogP contribution < -0.4 is 0 Å². The lowest BCUT2D eigenvalue weighted by Crippen LogP contribution is -2.34. The van der Waals surface area contributed by atoms with E-state index in [9.17, 15) is 0 Å². The standard InChI is InChI=1S/C17H21Cl3/c18-10-17(11-19,15-3-5-16(20)6-4-15)9-14-8-12-1-2-13(14)7-12/h3-6,12-14H,1-2,7-11H2. The lowest BCUT2D eigenvalue weighted by molar-refractivity contribution is 0.263. The number of halogens is 3. The second-order valence-electron chi connectivity index (χ2n) is 6.69. The molecule has 0 spiro atoms. The molecule has 3 rings (SSSR count). The highest BCUT2D eigenvalue weighted by molar-refractivity contribution is 6.30. The first kappa shape index (κ1) is 15.0. The molecule has 2 aliphatic carbocycles. The minimum absolute atomic E-state index is 0.0944. The van der Waals surface area contributed by atoms with Crippen molar-refractivity contribution in [1.82, 2.24) is 0 Å². The molecule has 0 aliphatic heterocycles. The van der Waals surface area contributed by atoms with Crippen molar-refractivity contribution in [2.24, 2.45) is 17.8 Å². The van der Waals surface area contributed by atoms with E-state index in [-0.39, 0.29) is 5.41 Å². The monoisotopic (exact) mass is 330 g/mol. The Hall–Kier alpha value is 0.0900. The molecule has 0 saturated heterocycles. The van der Waals surface area contributed by atoms with Crippen molar-refractivity contribution in [3.63, 3.8) is 0 Å². The molecule has 0 nitrogen and oxygen atoms in total. The van der Waals surface area contributed by atoms with Gasteiger partial charge in [0.05, 0.1) is 0 Å². The molecule has 2 aliphatic rings. The predicted octanol–water partition coefficient (Wildman–Crippen LogP) is 5.88. The Balaban J connectivity index is 1.82. The van der Waals surface area contributed by atoms with E-state index in [2.05, 4.69) is 12.1 Å². The summed E-state index contributed by atoms with van der Waals surface area (Å²) < 4.78 is 0. The first-order valence-electron chi connectivity index (χ1n) is 7.55. The molecular weight excluding hydrogens is 311 g/mol. The van der Waals surface area contributed by atoms with Gasteiger partial charge in [-0.3, -0.25) is 0 Å². The van der Waals surface area contributed by atoms with Crippen LogP contribution in [0, 0.1) is 17.8 Å². The average Bonchev–Trinajstić information content (AvgIpc) is 3.08. The van der Waals surface area contributed by atoms with Gasteiger partial charge in [0.1, 0.15) is 0 Å². The van der Waals surface area contributed by atoms with Crippen LogP contribution in [-0.4, -0.2) is 11.8 Å². The molecule has 20 heavy (non-hydrogen) atoms. The van der Waals surface area contributed by atoms with Crippen LogP contribution in [-0.2, 0) is 5.41 Å². The molecule has 110 valence electrons. The van der Waals surface area contributed by atoms with Gasteiger partial charge in [-0.15, -0.1) is 23.2 Å². The Morgan fingerprint density at radius 2 is 1.70 bits per heavy atom. The van der Waals surface area contributed by atoms with Gasteiger partial charge in [0.25, 0.3) is 0 Å². The van der Waals surface area contributed by atoms with E-state index in [0.717, 1.165) is 29.2 Å². The Bertz CT molecular complexity index is 450. The maximum absolute atomic E-state index is 6.36. The second kappa shape index (κ2) is 6.07. The van der Waals surface area contributed by atoms with Crippen molar-refractivity contribution >= 4 is 34.8 Å². The van der Waals surface area contributed by atoms with E-state index >= 15 is 0 Å². The van der Waals surface area contributed by atoms with Crippen LogP contribution in [0.15, 0.2) is 24.3 Å². The summed E-state index contributed by atoms with van der Waals surface area (Å²) >= 11 is 18.7. The fraction of sp³-hybridized carbons (Fsp3) is 0.647. The van der Waals surface area contributed by atoms with E-state index in [1.54, 1.807) is 0 Å². The zero-order valence-electron chi connectivity index (χ0n) is 11.6. The Morgan fingerprint density at radius 3 is 2.20 bits per heavy atom.